The third kappa shape index (κ3) is 2.23. The number of anilines is 1. The molecule has 4 nitrogen and oxygen atoms in total. The fraction of sp³-hybridized carbons (Fsp3) is 0.312. The highest BCUT2D eigenvalue weighted by molar-refractivity contribution is 6.10. The Labute approximate surface area is 119 Å². The summed E-state index contributed by atoms with van der Waals surface area (Å²) in [5, 5.41) is 9.97. The van der Waals surface area contributed by atoms with E-state index in [-0.39, 0.29) is 5.84 Å². The molecule has 0 aromatic heterocycles. The van der Waals surface area contributed by atoms with Crippen LogP contribution < -0.4 is 10.6 Å². The van der Waals surface area contributed by atoms with Gasteiger partial charge in [0.1, 0.15) is 5.84 Å². The summed E-state index contributed by atoms with van der Waals surface area (Å²) in [6.07, 6.45) is 0. The van der Waals surface area contributed by atoms with Crippen molar-refractivity contribution in [3.8, 4) is 0 Å². The van der Waals surface area contributed by atoms with Gasteiger partial charge < -0.3 is 15.5 Å². The van der Waals surface area contributed by atoms with Crippen LogP contribution in [0.5, 0.6) is 0 Å². The van der Waals surface area contributed by atoms with Crippen molar-refractivity contribution in [3.63, 3.8) is 0 Å². The van der Waals surface area contributed by atoms with Crippen LogP contribution >= 0.6 is 0 Å². The van der Waals surface area contributed by atoms with Gasteiger partial charge in [0.25, 0.3) is 0 Å². The maximum atomic E-state index is 7.72. The number of piperazine rings is 1. The van der Waals surface area contributed by atoms with E-state index in [1.165, 1.54) is 11.1 Å². The number of rotatable bonds is 2. The lowest BCUT2D eigenvalue weighted by Crippen LogP contribution is -2.44. The molecule has 1 aliphatic heterocycles. The van der Waals surface area contributed by atoms with Crippen molar-refractivity contribution in [2.24, 2.45) is 5.73 Å². The van der Waals surface area contributed by atoms with Gasteiger partial charge >= 0.3 is 0 Å². The Bertz CT molecular complexity index is 642. The first kappa shape index (κ1) is 12.9. The molecule has 0 bridgehead atoms. The number of nitrogens with zero attached hydrogens (tertiary/aromatic N) is 2. The first-order valence-corrected chi connectivity index (χ1v) is 6.96. The molecular weight excluding hydrogens is 248 g/mol. The SMILES string of the molecule is CN1CCN(c2ccc(C(=N)N)c3ccccc23)CC1. The summed E-state index contributed by atoms with van der Waals surface area (Å²) >= 11 is 0. The molecule has 0 amide bonds. The average molecular weight is 268 g/mol. The molecular formula is C16H20N4. The maximum Gasteiger partial charge on any atom is 0.123 e. The van der Waals surface area contributed by atoms with Gasteiger partial charge in [0.05, 0.1) is 0 Å². The van der Waals surface area contributed by atoms with Crippen LogP contribution in [0.4, 0.5) is 5.69 Å². The van der Waals surface area contributed by atoms with E-state index in [0.29, 0.717) is 0 Å². The smallest absolute Gasteiger partial charge is 0.123 e. The highest BCUT2D eigenvalue weighted by atomic mass is 15.2. The van der Waals surface area contributed by atoms with Crippen molar-refractivity contribution in [1.82, 2.24) is 4.90 Å². The predicted octanol–water partition coefficient (Wildman–Crippen LogP) is 1.88. The Hall–Kier alpha value is -2.07. The molecule has 1 heterocycles. The molecule has 2 aromatic carbocycles. The van der Waals surface area contributed by atoms with Gasteiger partial charge in [-0.05, 0) is 24.6 Å². The predicted molar refractivity (Wildman–Crippen MR) is 84.7 cm³/mol. The second-order valence-electron chi connectivity index (χ2n) is 5.38. The van der Waals surface area contributed by atoms with Crippen molar-refractivity contribution >= 4 is 22.3 Å². The molecule has 4 heteroatoms. The number of nitrogen functional groups attached to an aromatic ring is 1. The van der Waals surface area contributed by atoms with E-state index in [1.54, 1.807) is 0 Å². The van der Waals surface area contributed by atoms with Crippen LogP contribution in [0.2, 0.25) is 0 Å². The first-order chi connectivity index (χ1) is 9.66. The van der Waals surface area contributed by atoms with E-state index >= 15 is 0 Å². The minimum atomic E-state index is 0.131. The summed E-state index contributed by atoms with van der Waals surface area (Å²) in [4.78, 5) is 4.77. The number of nitrogens with one attached hydrogen (secondary N) is 1. The zero-order chi connectivity index (χ0) is 14.1. The Morgan fingerprint density at radius 3 is 2.30 bits per heavy atom. The first-order valence-electron chi connectivity index (χ1n) is 6.96. The number of nitrogens with two attached hydrogens (primary N) is 1. The van der Waals surface area contributed by atoms with Gasteiger partial charge in [-0.25, -0.2) is 0 Å². The quantitative estimate of drug-likeness (QED) is 0.646. The van der Waals surface area contributed by atoms with Crippen molar-refractivity contribution in [2.45, 2.75) is 0 Å². The van der Waals surface area contributed by atoms with Crippen LogP contribution in [0.25, 0.3) is 10.8 Å². The number of fused-ring (bicyclic) bond motifs is 1. The molecule has 3 N–H and O–H groups in total. The average Bonchev–Trinajstić information content (AvgIpc) is 2.47. The van der Waals surface area contributed by atoms with Gasteiger partial charge in [0.15, 0.2) is 0 Å². The molecule has 3 rings (SSSR count). The van der Waals surface area contributed by atoms with Crippen molar-refractivity contribution in [3.05, 3.63) is 42.0 Å². The Kier molecular flexibility index (Phi) is 3.32. The van der Waals surface area contributed by atoms with E-state index in [2.05, 4.69) is 29.0 Å². The standard InChI is InChI=1S/C16H20N4/c1-19-8-10-20(11-9-19)15-7-6-14(16(17)18)12-4-2-3-5-13(12)15/h2-7H,8-11H2,1H3,(H3,17,18). The van der Waals surface area contributed by atoms with Crippen LogP contribution in [0.3, 0.4) is 0 Å². The summed E-state index contributed by atoms with van der Waals surface area (Å²) in [5.41, 5.74) is 7.76. The van der Waals surface area contributed by atoms with E-state index in [0.717, 1.165) is 37.1 Å². The van der Waals surface area contributed by atoms with Crippen LogP contribution in [-0.2, 0) is 0 Å². The van der Waals surface area contributed by atoms with Crippen LogP contribution in [-0.4, -0.2) is 44.0 Å². The van der Waals surface area contributed by atoms with E-state index in [9.17, 15) is 0 Å². The van der Waals surface area contributed by atoms with Crippen molar-refractivity contribution in [1.29, 1.82) is 5.41 Å². The molecule has 1 fully saturated rings. The highest BCUT2D eigenvalue weighted by Crippen LogP contribution is 2.30. The number of benzene rings is 2. The molecule has 0 spiro atoms. The molecule has 0 saturated carbocycles. The number of likely N-dealkylation sites (N-methyl/N-ethyl adjacent to an activating group) is 1. The Balaban J connectivity index is 2.08. The van der Waals surface area contributed by atoms with Crippen LogP contribution in [0.15, 0.2) is 36.4 Å². The maximum absolute atomic E-state index is 7.72. The summed E-state index contributed by atoms with van der Waals surface area (Å²) in [7, 11) is 2.16. The molecule has 0 unspecified atom stereocenters. The Morgan fingerprint density at radius 1 is 1.00 bits per heavy atom. The lowest BCUT2D eigenvalue weighted by molar-refractivity contribution is 0.313. The summed E-state index contributed by atoms with van der Waals surface area (Å²) in [6, 6.07) is 12.3. The monoisotopic (exact) mass is 268 g/mol. The molecule has 1 saturated heterocycles. The minimum Gasteiger partial charge on any atom is -0.384 e. The van der Waals surface area contributed by atoms with Gasteiger partial charge in [-0.3, -0.25) is 5.41 Å². The molecule has 0 radical (unpaired) electrons. The van der Waals surface area contributed by atoms with Crippen LogP contribution in [0.1, 0.15) is 5.56 Å². The zero-order valence-electron chi connectivity index (χ0n) is 11.8. The topological polar surface area (TPSA) is 56.4 Å². The van der Waals surface area contributed by atoms with Crippen molar-refractivity contribution < 1.29 is 0 Å². The van der Waals surface area contributed by atoms with Gasteiger partial charge in [0, 0.05) is 42.8 Å². The summed E-state index contributed by atoms with van der Waals surface area (Å²) in [5.74, 6) is 0.131. The fourth-order valence-electron chi connectivity index (χ4n) is 2.84. The molecule has 2 aromatic rings. The van der Waals surface area contributed by atoms with E-state index < -0.39 is 0 Å². The minimum absolute atomic E-state index is 0.131. The lowest BCUT2D eigenvalue weighted by Gasteiger charge is -2.34. The molecule has 0 atom stereocenters. The molecule has 104 valence electrons. The molecule has 0 aliphatic carbocycles. The largest absolute Gasteiger partial charge is 0.384 e. The van der Waals surface area contributed by atoms with Gasteiger partial charge in [-0.15, -0.1) is 0 Å². The third-order valence-electron chi connectivity index (χ3n) is 4.04. The van der Waals surface area contributed by atoms with Gasteiger partial charge in [-0.1, -0.05) is 24.3 Å². The number of amidine groups is 1. The van der Waals surface area contributed by atoms with E-state index in [1.807, 2.05) is 24.3 Å². The van der Waals surface area contributed by atoms with Crippen molar-refractivity contribution in [2.75, 3.05) is 38.1 Å². The zero-order valence-corrected chi connectivity index (χ0v) is 11.8. The fourth-order valence-corrected chi connectivity index (χ4v) is 2.84. The van der Waals surface area contributed by atoms with Gasteiger partial charge in [-0.2, -0.15) is 0 Å². The normalized spacial score (nSPS) is 16.6. The highest BCUT2D eigenvalue weighted by Gasteiger charge is 2.17. The van der Waals surface area contributed by atoms with Crippen LogP contribution in [0, 0.1) is 5.41 Å². The summed E-state index contributed by atoms with van der Waals surface area (Å²) in [6.45, 7) is 4.26. The number of hydrogen-bond acceptors (Lipinski definition) is 3. The van der Waals surface area contributed by atoms with E-state index in [4.69, 9.17) is 11.1 Å². The molecule has 1 aliphatic rings. The second kappa shape index (κ2) is 5.13. The lowest BCUT2D eigenvalue weighted by atomic mass is 10.0. The van der Waals surface area contributed by atoms with Gasteiger partial charge in [0.2, 0.25) is 0 Å². The Morgan fingerprint density at radius 2 is 1.65 bits per heavy atom. The second-order valence-corrected chi connectivity index (χ2v) is 5.38. The summed E-state index contributed by atoms with van der Waals surface area (Å²) < 4.78 is 0. The molecule has 20 heavy (non-hydrogen) atoms. The number of hydrogen-bond donors (Lipinski definition) is 2. The third-order valence-corrected chi connectivity index (χ3v) is 4.04.